The minimum atomic E-state index is -0.616. The van der Waals surface area contributed by atoms with E-state index in [-0.39, 0.29) is 5.82 Å². The summed E-state index contributed by atoms with van der Waals surface area (Å²) in [6.45, 7) is 0. The topological polar surface area (TPSA) is 20.2 Å². The normalized spacial score (nSPS) is 12.7. The molecule has 17 heavy (non-hydrogen) atoms. The number of benzene rings is 1. The maximum atomic E-state index is 12.7. The monoisotopic (exact) mass is 334 g/mol. The van der Waals surface area contributed by atoms with Gasteiger partial charge in [-0.05, 0) is 39.7 Å². The zero-order valence-electron chi connectivity index (χ0n) is 8.66. The summed E-state index contributed by atoms with van der Waals surface area (Å²) in [5.41, 5.74) is 0.888. The molecule has 0 spiro atoms. The van der Waals surface area contributed by atoms with Crippen molar-refractivity contribution < 1.29 is 9.50 Å². The summed E-state index contributed by atoms with van der Waals surface area (Å²) in [5, 5.41) is 10.0. The van der Waals surface area contributed by atoms with Crippen LogP contribution in [-0.4, -0.2) is 5.11 Å². The highest BCUT2D eigenvalue weighted by atomic mass is 79.9. The number of hydrogen-bond acceptors (Lipinski definition) is 2. The number of thiophene rings is 1. The first-order chi connectivity index (χ1) is 8.06. The van der Waals surface area contributed by atoms with Gasteiger partial charge in [0.25, 0.3) is 0 Å². The Hall–Kier alpha value is -0.420. The second kappa shape index (κ2) is 5.48. The van der Waals surface area contributed by atoms with E-state index in [1.807, 2.05) is 0 Å². The summed E-state index contributed by atoms with van der Waals surface area (Å²) in [5.74, 6) is -0.273. The highest BCUT2D eigenvalue weighted by molar-refractivity contribution is 9.10. The van der Waals surface area contributed by atoms with E-state index in [0.717, 1.165) is 14.9 Å². The van der Waals surface area contributed by atoms with E-state index >= 15 is 0 Å². The number of aliphatic hydroxyl groups excluding tert-OH is 1. The number of rotatable bonds is 3. The van der Waals surface area contributed by atoms with Crippen molar-refractivity contribution in [1.82, 2.24) is 0 Å². The van der Waals surface area contributed by atoms with Gasteiger partial charge in [0, 0.05) is 15.8 Å². The zero-order chi connectivity index (χ0) is 12.4. The van der Waals surface area contributed by atoms with Gasteiger partial charge in [0.15, 0.2) is 0 Å². The Balaban J connectivity index is 2.11. The molecule has 0 radical (unpaired) electrons. The summed E-state index contributed by atoms with van der Waals surface area (Å²) in [4.78, 5) is 0.797. The maximum Gasteiger partial charge on any atom is 0.123 e. The highest BCUT2D eigenvalue weighted by Gasteiger charge is 2.13. The van der Waals surface area contributed by atoms with Crippen molar-refractivity contribution in [1.29, 1.82) is 0 Å². The molecule has 1 unspecified atom stereocenters. The van der Waals surface area contributed by atoms with Gasteiger partial charge in [-0.2, -0.15) is 0 Å². The quantitative estimate of drug-likeness (QED) is 0.870. The second-order valence-corrected chi connectivity index (χ2v) is 6.16. The van der Waals surface area contributed by atoms with Crippen LogP contribution >= 0.6 is 38.9 Å². The van der Waals surface area contributed by atoms with Crippen LogP contribution in [-0.2, 0) is 6.42 Å². The summed E-state index contributed by atoms with van der Waals surface area (Å²) in [6, 6.07) is 7.92. The van der Waals surface area contributed by atoms with Gasteiger partial charge in [0.05, 0.1) is 6.10 Å². The minimum Gasteiger partial charge on any atom is -0.387 e. The van der Waals surface area contributed by atoms with Crippen molar-refractivity contribution in [3.05, 3.63) is 55.4 Å². The van der Waals surface area contributed by atoms with Crippen LogP contribution in [0.5, 0.6) is 0 Å². The van der Waals surface area contributed by atoms with Crippen molar-refractivity contribution in [3.63, 3.8) is 0 Å². The van der Waals surface area contributed by atoms with E-state index in [2.05, 4.69) is 15.9 Å². The molecule has 0 amide bonds. The summed E-state index contributed by atoms with van der Waals surface area (Å²) >= 11 is 10.5. The third-order valence-electron chi connectivity index (χ3n) is 2.33. The Bertz CT molecular complexity index is 492. The molecular formula is C12H9BrClFOS. The predicted octanol–water partition coefficient (Wildman–Crippen LogP) is 4.58. The standard InChI is InChI=1S/C12H9BrClFOS/c13-9-6-11(17-12(9)14)10(16)5-7-1-3-8(15)4-2-7/h1-4,6,10,16H,5H2. The Labute approximate surface area is 116 Å². The molecule has 0 bridgehead atoms. The van der Waals surface area contributed by atoms with Crippen molar-refractivity contribution in [2.75, 3.05) is 0 Å². The highest BCUT2D eigenvalue weighted by Crippen LogP contribution is 2.36. The van der Waals surface area contributed by atoms with E-state index in [0.29, 0.717) is 10.8 Å². The van der Waals surface area contributed by atoms with Gasteiger partial charge in [-0.1, -0.05) is 23.7 Å². The molecule has 1 nitrogen and oxygen atoms in total. The molecule has 1 aromatic carbocycles. The van der Waals surface area contributed by atoms with Crippen LogP contribution in [0.3, 0.4) is 0 Å². The lowest BCUT2D eigenvalue weighted by atomic mass is 10.1. The first kappa shape index (κ1) is 13.0. The Morgan fingerprint density at radius 2 is 2.00 bits per heavy atom. The fourth-order valence-corrected chi connectivity index (χ4v) is 3.19. The Kier molecular flexibility index (Phi) is 4.20. The summed E-state index contributed by atoms with van der Waals surface area (Å²) < 4.78 is 14.1. The smallest absolute Gasteiger partial charge is 0.123 e. The van der Waals surface area contributed by atoms with E-state index in [4.69, 9.17) is 11.6 Å². The lowest BCUT2D eigenvalue weighted by Crippen LogP contribution is -1.99. The van der Waals surface area contributed by atoms with Crippen molar-refractivity contribution >= 4 is 38.9 Å². The third-order valence-corrected chi connectivity index (χ3v) is 4.91. The van der Waals surface area contributed by atoms with Crippen LogP contribution in [0, 0.1) is 5.82 Å². The minimum absolute atomic E-state index is 0.273. The van der Waals surface area contributed by atoms with Crippen LogP contribution in [0.2, 0.25) is 4.34 Å². The largest absolute Gasteiger partial charge is 0.387 e. The molecule has 0 fully saturated rings. The van der Waals surface area contributed by atoms with E-state index in [1.54, 1.807) is 18.2 Å². The average Bonchev–Trinajstić information content (AvgIpc) is 2.63. The van der Waals surface area contributed by atoms with E-state index < -0.39 is 6.10 Å². The number of halogens is 3. The van der Waals surface area contributed by atoms with Crippen LogP contribution in [0.4, 0.5) is 4.39 Å². The molecule has 0 saturated heterocycles. The first-order valence-electron chi connectivity index (χ1n) is 4.93. The van der Waals surface area contributed by atoms with Gasteiger partial charge >= 0.3 is 0 Å². The molecule has 5 heteroatoms. The average molecular weight is 336 g/mol. The van der Waals surface area contributed by atoms with Crippen molar-refractivity contribution in [3.8, 4) is 0 Å². The SMILES string of the molecule is OC(Cc1ccc(F)cc1)c1cc(Br)c(Cl)s1. The molecule has 1 N–H and O–H groups in total. The Morgan fingerprint density at radius 3 is 2.53 bits per heavy atom. The molecule has 1 heterocycles. The van der Waals surface area contributed by atoms with E-state index in [9.17, 15) is 9.50 Å². The third kappa shape index (κ3) is 3.28. The van der Waals surface area contributed by atoms with Crippen LogP contribution in [0.25, 0.3) is 0 Å². The molecular weight excluding hydrogens is 327 g/mol. The number of hydrogen-bond donors (Lipinski definition) is 1. The molecule has 2 aromatic rings. The van der Waals surface area contributed by atoms with E-state index in [1.165, 1.54) is 23.5 Å². The summed E-state index contributed by atoms with van der Waals surface area (Å²) in [6.07, 6.45) is -0.168. The van der Waals surface area contributed by atoms with Crippen LogP contribution in [0.15, 0.2) is 34.8 Å². The second-order valence-electron chi connectivity index (χ2n) is 3.62. The first-order valence-corrected chi connectivity index (χ1v) is 6.92. The summed E-state index contributed by atoms with van der Waals surface area (Å²) in [7, 11) is 0. The number of aliphatic hydroxyl groups is 1. The fraction of sp³-hybridized carbons (Fsp3) is 0.167. The Morgan fingerprint density at radius 1 is 1.35 bits per heavy atom. The molecule has 0 saturated carbocycles. The lowest BCUT2D eigenvalue weighted by molar-refractivity contribution is 0.182. The van der Waals surface area contributed by atoms with Gasteiger partial charge in [0.1, 0.15) is 10.2 Å². The lowest BCUT2D eigenvalue weighted by Gasteiger charge is -2.08. The maximum absolute atomic E-state index is 12.7. The molecule has 1 aromatic heterocycles. The van der Waals surface area contributed by atoms with Crippen molar-refractivity contribution in [2.24, 2.45) is 0 Å². The fourth-order valence-electron chi connectivity index (χ4n) is 1.47. The molecule has 0 aliphatic rings. The van der Waals surface area contributed by atoms with Gasteiger partial charge in [0.2, 0.25) is 0 Å². The molecule has 1 atom stereocenters. The van der Waals surface area contributed by atoms with Gasteiger partial charge in [-0.25, -0.2) is 4.39 Å². The molecule has 2 rings (SSSR count). The van der Waals surface area contributed by atoms with Gasteiger partial charge in [-0.15, -0.1) is 11.3 Å². The molecule has 0 aliphatic carbocycles. The zero-order valence-corrected chi connectivity index (χ0v) is 11.8. The van der Waals surface area contributed by atoms with Crippen LogP contribution < -0.4 is 0 Å². The van der Waals surface area contributed by atoms with Gasteiger partial charge < -0.3 is 5.11 Å². The van der Waals surface area contributed by atoms with Crippen molar-refractivity contribution in [2.45, 2.75) is 12.5 Å². The molecule has 0 aliphatic heterocycles. The predicted molar refractivity (Wildman–Crippen MR) is 72.1 cm³/mol. The molecule has 90 valence electrons. The van der Waals surface area contributed by atoms with Crippen LogP contribution in [0.1, 0.15) is 16.5 Å². The van der Waals surface area contributed by atoms with Gasteiger partial charge in [-0.3, -0.25) is 0 Å².